The molecule has 1 aromatic carbocycles. The van der Waals surface area contributed by atoms with Crippen molar-refractivity contribution in [3.8, 4) is 5.13 Å². The number of amides is 1. The number of carbonyl (C=O) groups is 1. The van der Waals surface area contributed by atoms with E-state index < -0.39 is 0 Å². The van der Waals surface area contributed by atoms with Gasteiger partial charge in [0.15, 0.2) is 0 Å². The molecule has 3 aromatic rings. The standard InChI is InChI=1S/C20H24N4OS/c1-12-9-13(2)18-16(10-12)26-20(22-18)24-17(11-14(3)23-24)21-19(25)15-7-5-4-6-8-15/h9-11,15H,4-8H2,1-3H3,(H,21,25). The van der Waals surface area contributed by atoms with Crippen LogP contribution in [0.1, 0.15) is 48.9 Å². The average Bonchev–Trinajstić information content (AvgIpc) is 3.19. The molecule has 0 unspecified atom stereocenters. The predicted molar refractivity (Wildman–Crippen MR) is 106 cm³/mol. The monoisotopic (exact) mass is 368 g/mol. The highest BCUT2D eigenvalue weighted by atomic mass is 32.1. The lowest BCUT2D eigenvalue weighted by molar-refractivity contribution is -0.120. The van der Waals surface area contributed by atoms with E-state index in [-0.39, 0.29) is 11.8 Å². The van der Waals surface area contributed by atoms with Crippen LogP contribution < -0.4 is 5.32 Å². The van der Waals surface area contributed by atoms with Crippen LogP contribution in [-0.2, 0) is 4.79 Å². The summed E-state index contributed by atoms with van der Waals surface area (Å²) >= 11 is 1.61. The van der Waals surface area contributed by atoms with Crippen LogP contribution in [0.25, 0.3) is 15.3 Å². The molecule has 0 spiro atoms. The molecule has 5 nitrogen and oxygen atoms in total. The van der Waals surface area contributed by atoms with Gasteiger partial charge < -0.3 is 5.32 Å². The molecule has 0 radical (unpaired) electrons. The Bertz CT molecular complexity index is 966. The van der Waals surface area contributed by atoms with E-state index in [1.54, 1.807) is 16.0 Å². The number of thiazole rings is 1. The van der Waals surface area contributed by atoms with Gasteiger partial charge in [-0.25, -0.2) is 4.98 Å². The first kappa shape index (κ1) is 17.2. The Morgan fingerprint density at radius 2 is 1.92 bits per heavy atom. The predicted octanol–water partition coefficient (Wildman–Crippen LogP) is 4.93. The second-order valence-electron chi connectivity index (χ2n) is 7.33. The lowest BCUT2D eigenvalue weighted by atomic mass is 9.89. The number of hydrogen-bond acceptors (Lipinski definition) is 4. The highest BCUT2D eigenvalue weighted by molar-refractivity contribution is 7.20. The third kappa shape index (κ3) is 3.26. The van der Waals surface area contributed by atoms with Gasteiger partial charge in [0.25, 0.3) is 0 Å². The van der Waals surface area contributed by atoms with Crippen LogP contribution in [0, 0.1) is 26.7 Å². The summed E-state index contributed by atoms with van der Waals surface area (Å²) in [5, 5.41) is 8.47. The molecule has 1 N–H and O–H groups in total. The van der Waals surface area contributed by atoms with Crippen LogP contribution in [0.3, 0.4) is 0 Å². The molecule has 1 amide bonds. The fraction of sp³-hybridized carbons (Fsp3) is 0.450. The van der Waals surface area contributed by atoms with E-state index >= 15 is 0 Å². The minimum Gasteiger partial charge on any atom is -0.310 e. The summed E-state index contributed by atoms with van der Waals surface area (Å²) in [4.78, 5) is 17.4. The zero-order chi connectivity index (χ0) is 18.3. The molecule has 0 saturated heterocycles. The van der Waals surface area contributed by atoms with Crippen molar-refractivity contribution in [3.05, 3.63) is 35.0 Å². The van der Waals surface area contributed by atoms with Crippen LogP contribution in [0.2, 0.25) is 0 Å². The Labute approximate surface area is 157 Å². The molecule has 0 atom stereocenters. The van der Waals surface area contributed by atoms with Gasteiger partial charge in [0.2, 0.25) is 11.0 Å². The summed E-state index contributed by atoms with van der Waals surface area (Å²) in [6, 6.07) is 6.22. The van der Waals surface area contributed by atoms with E-state index in [9.17, 15) is 4.79 Å². The Kier molecular flexibility index (Phi) is 4.53. The summed E-state index contributed by atoms with van der Waals surface area (Å²) in [6.45, 7) is 6.12. The molecule has 0 aliphatic heterocycles. The first-order valence-corrected chi connectivity index (χ1v) is 10.1. The van der Waals surface area contributed by atoms with Crippen LogP contribution in [0.4, 0.5) is 5.82 Å². The van der Waals surface area contributed by atoms with Crippen molar-refractivity contribution in [2.45, 2.75) is 52.9 Å². The maximum Gasteiger partial charge on any atom is 0.228 e. The fourth-order valence-electron chi connectivity index (χ4n) is 3.78. The number of nitrogens with one attached hydrogen (secondary N) is 1. The van der Waals surface area contributed by atoms with Crippen molar-refractivity contribution in [2.24, 2.45) is 5.92 Å². The van der Waals surface area contributed by atoms with Crippen molar-refractivity contribution in [3.63, 3.8) is 0 Å². The van der Waals surface area contributed by atoms with Crippen LogP contribution >= 0.6 is 11.3 Å². The Hall–Kier alpha value is -2.21. The maximum atomic E-state index is 12.7. The second kappa shape index (κ2) is 6.83. The zero-order valence-electron chi connectivity index (χ0n) is 15.5. The molecule has 2 heterocycles. The lowest BCUT2D eigenvalue weighted by Gasteiger charge is -2.20. The van der Waals surface area contributed by atoms with Crippen molar-refractivity contribution in [1.29, 1.82) is 0 Å². The third-order valence-corrected chi connectivity index (χ3v) is 6.04. The molecule has 1 saturated carbocycles. The Morgan fingerprint density at radius 1 is 1.15 bits per heavy atom. The number of fused-ring (bicyclic) bond motifs is 1. The number of aromatic nitrogens is 3. The van der Waals surface area contributed by atoms with E-state index in [1.807, 2.05) is 13.0 Å². The van der Waals surface area contributed by atoms with Gasteiger partial charge >= 0.3 is 0 Å². The highest BCUT2D eigenvalue weighted by Crippen LogP contribution is 2.31. The van der Waals surface area contributed by atoms with Gasteiger partial charge in [-0.1, -0.05) is 36.7 Å². The molecule has 26 heavy (non-hydrogen) atoms. The molecule has 136 valence electrons. The number of anilines is 1. The summed E-state index contributed by atoms with van der Waals surface area (Å²) < 4.78 is 2.92. The van der Waals surface area contributed by atoms with Crippen LogP contribution in [0.5, 0.6) is 0 Å². The van der Waals surface area contributed by atoms with Crippen molar-refractivity contribution in [2.75, 3.05) is 5.32 Å². The van der Waals surface area contributed by atoms with Crippen LogP contribution in [-0.4, -0.2) is 20.7 Å². The highest BCUT2D eigenvalue weighted by Gasteiger charge is 2.23. The largest absolute Gasteiger partial charge is 0.310 e. The summed E-state index contributed by atoms with van der Waals surface area (Å²) in [7, 11) is 0. The third-order valence-electron chi connectivity index (χ3n) is 5.06. The minimum absolute atomic E-state index is 0.110. The van der Waals surface area contributed by atoms with Gasteiger partial charge in [0, 0.05) is 12.0 Å². The van der Waals surface area contributed by atoms with Gasteiger partial charge in [-0.2, -0.15) is 9.78 Å². The summed E-state index contributed by atoms with van der Waals surface area (Å²) in [5.41, 5.74) is 4.27. The molecule has 0 bridgehead atoms. The molecular weight excluding hydrogens is 344 g/mol. The normalized spacial score (nSPS) is 15.5. The zero-order valence-corrected chi connectivity index (χ0v) is 16.3. The maximum absolute atomic E-state index is 12.7. The Balaban J connectivity index is 1.67. The number of rotatable bonds is 3. The number of aryl methyl sites for hydroxylation is 3. The minimum atomic E-state index is 0.110. The topological polar surface area (TPSA) is 59.8 Å². The molecule has 4 rings (SSSR count). The van der Waals surface area contributed by atoms with E-state index in [2.05, 4.69) is 36.4 Å². The molecule has 1 aliphatic carbocycles. The number of nitrogens with zero attached hydrogens (tertiary/aromatic N) is 3. The number of carbonyl (C=O) groups excluding carboxylic acids is 1. The fourth-order valence-corrected chi connectivity index (χ4v) is 4.88. The van der Waals surface area contributed by atoms with E-state index in [1.165, 1.54) is 17.5 Å². The lowest BCUT2D eigenvalue weighted by Crippen LogP contribution is -2.25. The molecule has 1 aliphatic rings. The summed E-state index contributed by atoms with van der Waals surface area (Å²) in [6.07, 6.45) is 5.50. The van der Waals surface area contributed by atoms with Crippen molar-refractivity contribution >= 4 is 33.3 Å². The summed E-state index contributed by atoms with van der Waals surface area (Å²) in [5.74, 6) is 0.943. The van der Waals surface area contributed by atoms with Gasteiger partial charge in [0.1, 0.15) is 5.82 Å². The molecule has 1 fully saturated rings. The quantitative estimate of drug-likeness (QED) is 0.713. The van der Waals surface area contributed by atoms with E-state index in [0.29, 0.717) is 5.82 Å². The van der Waals surface area contributed by atoms with E-state index in [0.717, 1.165) is 46.7 Å². The number of hydrogen-bond donors (Lipinski definition) is 1. The molecular formula is C20H24N4OS. The van der Waals surface area contributed by atoms with Gasteiger partial charge in [-0.05, 0) is 50.8 Å². The molecule has 6 heteroatoms. The van der Waals surface area contributed by atoms with Gasteiger partial charge in [0.05, 0.1) is 15.9 Å². The molecule has 2 aromatic heterocycles. The van der Waals surface area contributed by atoms with Crippen molar-refractivity contribution in [1.82, 2.24) is 14.8 Å². The first-order chi connectivity index (χ1) is 12.5. The SMILES string of the molecule is Cc1cc(C)c2nc(-n3nc(C)cc3NC(=O)C3CCCCC3)sc2c1. The average molecular weight is 369 g/mol. The van der Waals surface area contributed by atoms with Gasteiger partial charge in [-0.15, -0.1) is 0 Å². The number of benzene rings is 1. The van der Waals surface area contributed by atoms with Crippen molar-refractivity contribution < 1.29 is 4.79 Å². The van der Waals surface area contributed by atoms with Gasteiger partial charge in [-0.3, -0.25) is 4.79 Å². The smallest absolute Gasteiger partial charge is 0.228 e. The second-order valence-corrected chi connectivity index (χ2v) is 8.34. The van der Waals surface area contributed by atoms with E-state index in [4.69, 9.17) is 4.98 Å². The van der Waals surface area contributed by atoms with Crippen LogP contribution in [0.15, 0.2) is 18.2 Å². The Morgan fingerprint density at radius 3 is 2.69 bits per heavy atom. The first-order valence-electron chi connectivity index (χ1n) is 9.27.